The highest BCUT2D eigenvalue weighted by Crippen LogP contribution is 2.32. The van der Waals surface area contributed by atoms with Crippen molar-refractivity contribution < 1.29 is 9.59 Å². The molecule has 0 aliphatic heterocycles. The third-order valence-electron chi connectivity index (χ3n) is 6.15. The number of hydrogen-bond donors (Lipinski definition) is 3. The molecule has 0 radical (unpaired) electrons. The van der Waals surface area contributed by atoms with Gasteiger partial charge < -0.3 is 15.2 Å². The maximum absolute atomic E-state index is 13.2. The van der Waals surface area contributed by atoms with Gasteiger partial charge in [-0.2, -0.15) is 5.21 Å². The van der Waals surface area contributed by atoms with E-state index in [2.05, 4.69) is 38.2 Å². The summed E-state index contributed by atoms with van der Waals surface area (Å²) in [5, 5.41) is 21.5. The minimum atomic E-state index is -0.588. The summed E-state index contributed by atoms with van der Waals surface area (Å²) in [7, 11) is 1.92. The highest BCUT2D eigenvalue weighted by atomic mass is 16.2. The first kappa shape index (κ1) is 21.0. The average Bonchev–Trinajstić information content (AvgIpc) is 3.52. The number of hydrogen-bond acceptors (Lipinski definition) is 5. The minimum Gasteiger partial charge on any atom is -0.351 e. The zero-order valence-electron chi connectivity index (χ0n) is 18.0. The molecule has 2 aromatic heterocycles. The number of carbonyl (C=O) groups excluding carboxylic acids is 2. The SMILES string of the molecule is CCCC[C@H](NC(=O)c1cccc2ccn(C)c12)C(=O)N[C@H]1CCC[C@H]1c1nn[nH]n1. The molecule has 3 aromatic rings. The van der Waals surface area contributed by atoms with Crippen LogP contribution in [-0.4, -0.2) is 49.1 Å². The van der Waals surface area contributed by atoms with Crippen LogP contribution in [0.4, 0.5) is 0 Å². The van der Waals surface area contributed by atoms with E-state index in [1.54, 1.807) is 6.07 Å². The van der Waals surface area contributed by atoms with Gasteiger partial charge in [-0.3, -0.25) is 9.59 Å². The maximum atomic E-state index is 13.2. The van der Waals surface area contributed by atoms with Crippen LogP contribution in [0.3, 0.4) is 0 Å². The molecule has 9 nitrogen and oxygen atoms in total. The molecule has 3 atom stereocenters. The number of para-hydroxylation sites is 1. The molecule has 0 unspecified atom stereocenters. The average molecular weight is 424 g/mol. The molecular weight excluding hydrogens is 394 g/mol. The van der Waals surface area contributed by atoms with E-state index in [4.69, 9.17) is 0 Å². The fraction of sp³-hybridized carbons (Fsp3) is 0.500. The molecule has 4 rings (SSSR count). The Balaban J connectivity index is 1.49. The Morgan fingerprint density at radius 2 is 2.16 bits per heavy atom. The van der Waals surface area contributed by atoms with Crippen molar-refractivity contribution in [2.75, 3.05) is 0 Å². The lowest BCUT2D eigenvalue weighted by Gasteiger charge is -2.23. The molecule has 9 heteroatoms. The summed E-state index contributed by atoms with van der Waals surface area (Å²) >= 11 is 0. The predicted molar refractivity (Wildman–Crippen MR) is 116 cm³/mol. The Kier molecular flexibility index (Phi) is 6.29. The zero-order valence-corrected chi connectivity index (χ0v) is 18.0. The summed E-state index contributed by atoms with van der Waals surface area (Å²) in [5.74, 6) is 0.292. The second kappa shape index (κ2) is 9.28. The Hall–Kier alpha value is -3.23. The lowest BCUT2D eigenvalue weighted by Crippen LogP contribution is -2.50. The lowest BCUT2D eigenvalue weighted by molar-refractivity contribution is -0.124. The van der Waals surface area contributed by atoms with Crippen LogP contribution in [0.1, 0.15) is 67.5 Å². The van der Waals surface area contributed by atoms with E-state index in [0.29, 0.717) is 17.8 Å². The van der Waals surface area contributed by atoms with Crippen LogP contribution in [0.15, 0.2) is 30.5 Å². The second-order valence-electron chi connectivity index (χ2n) is 8.26. The molecule has 1 aromatic carbocycles. The van der Waals surface area contributed by atoms with Crippen molar-refractivity contribution in [3.8, 4) is 0 Å². The maximum Gasteiger partial charge on any atom is 0.254 e. The number of nitrogens with zero attached hydrogens (tertiary/aromatic N) is 4. The van der Waals surface area contributed by atoms with Gasteiger partial charge in [-0.05, 0) is 31.4 Å². The topological polar surface area (TPSA) is 118 Å². The highest BCUT2D eigenvalue weighted by Gasteiger charge is 2.34. The van der Waals surface area contributed by atoms with Gasteiger partial charge in [0.05, 0.1) is 11.1 Å². The summed E-state index contributed by atoms with van der Waals surface area (Å²) in [6.45, 7) is 2.07. The number of nitrogens with one attached hydrogen (secondary N) is 3. The van der Waals surface area contributed by atoms with Crippen LogP contribution in [0.25, 0.3) is 10.9 Å². The van der Waals surface area contributed by atoms with Crippen LogP contribution in [0.5, 0.6) is 0 Å². The van der Waals surface area contributed by atoms with E-state index in [1.165, 1.54) is 0 Å². The van der Waals surface area contributed by atoms with Gasteiger partial charge in [-0.15, -0.1) is 10.2 Å². The van der Waals surface area contributed by atoms with Crippen molar-refractivity contribution in [3.05, 3.63) is 41.9 Å². The molecule has 2 heterocycles. The molecule has 31 heavy (non-hydrogen) atoms. The summed E-state index contributed by atoms with van der Waals surface area (Å²) in [5.41, 5.74) is 1.44. The second-order valence-corrected chi connectivity index (χ2v) is 8.26. The molecule has 1 aliphatic rings. The van der Waals surface area contributed by atoms with Crippen molar-refractivity contribution in [2.45, 2.75) is 63.5 Å². The van der Waals surface area contributed by atoms with Crippen LogP contribution in [0.2, 0.25) is 0 Å². The van der Waals surface area contributed by atoms with E-state index in [0.717, 1.165) is 43.0 Å². The number of amides is 2. The van der Waals surface area contributed by atoms with Crippen molar-refractivity contribution in [2.24, 2.45) is 7.05 Å². The first-order valence-electron chi connectivity index (χ1n) is 11.0. The summed E-state index contributed by atoms with van der Waals surface area (Å²) in [6.07, 6.45) is 7.09. The largest absolute Gasteiger partial charge is 0.351 e. The molecule has 164 valence electrons. The molecule has 1 saturated carbocycles. The van der Waals surface area contributed by atoms with Crippen molar-refractivity contribution in [1.82, 2.24) is 35.8 Å². The minimum absolute atomic E-state index is 0.0438. The summed E-state index contributed by atoms with van der Waals surface area (Å²) < 4.78 is 1.93. The molecule has 1 aliphatic carbocycles. The fourth-order valence-electron chi connectivity index (χ4n) is 4.50. The van der Waals surface area contributed by atoms with E-state index in [-0.39, 0.29) is 23.8 Å². The number of tetrazole rings is 1. The summed E-state index contributed by atoms with van der Waals surface area (Å²) in [4.78, 5) is 26.3. The lowest BCUT2D eigenvalue weighted by atomic mass is 10.0. The number of aryl methyl sites for hydroxylation is 1. The quantitative estimate of drug-likeness (QED) is 0.514. The van der Waals surface area contributed by atoms with Gasteiger partial charge in [0.15, 0.2) is 5.82 Å². The van der Waals surface area contributed by atoms with E-state index >= 15 is 0 Å². The van der Waals surface area contributed by atoms with Crippen LogP contribution < -0.4 is 10.6 Å². The molecule has 1 fully saturated rings. The first-order chi connectivity index (χ1) is 15.1. The molecule has 2 amide bonds. The van der Waals surface area contributed by atoms with Crippen molar-refractivity contribution in [3.63, 3.8) is 0 Å². The van der Waals surface area contributed by atoms with Gasteiger partial charge in [0.1, 0.15) is 6.04 Å². The number of unbranched alkanes of at least 4 members (excludes halogenated alkanes) is 1. The van der Waals surface area contributed by atoms with Crippen LogP contribution in [-0.2, 0) is 11.8 Å². The third kappa shape index (κ3) is 4.45. The zero-order chi connectivity index (χ0) is 21.8. The standard InChI is InChI=1S/C22H29N7O2/c1-3-4-10-18(22(31)23-17-11-6-8-15(17)20-25-27-28-26-20)24-21(30)16-9-5-7-14-12-13-29(2)19(14)16/h5,7,9,12-13,15,17-18H,3-4,6,8,10-11H2,1-2H3,(H,23,31)(H,24,30)(H,25,26,27,28)/t15-,17+,18+/m1/s1. The van der Waals surface area contributed by atoms with Crippen LogP contribution in [0, 0.1) is 0 Å². The number of benzene rings is 1. The summed E-state index contributed by atoms with van der Waals surface area (Å²) in [6, 6.07) is 6.98. The van der Waals surface area contributed by atoms with Gasteiger partial charge in [0.25, 0.3) is 5.91 Å². The van der Waals surface area contributed by atoms with E-state index in [1.807, 2.05) is 36.0 Å². The number of carbonyl (C=O) groups is 2. The number of rotatable bonds is 8. The van der Waals surface area contributed by atoms with E-state index < -0.39 is 6.04 Å². The number of fused-ring (bicyclic) bond motifs is 1. The predicted octanol–water partition coefficient (Wildman–Crippen LogP) is 2.43. The first-order valence-corrected chi connectivity index (χ1v) is 11.0. The Bertz CT molecular complexity index is 1040. The number of aromatic nitrogens is 5. The number of aromatic amines is 1. The molecule has 0 bridgehead atoms. The highest BCUT2D eigenvalue weighted by molar-refractivity contribution is 6.07. The van der Waals surface area contributed by atoms with E-state index in [9.17, 15) is 9.59 Å². The smallest absolute Gasteiger partial charge is 0.254 e. The Morgan fingerprint density at radius 1 is 1.29 bits per heavy atom. The van der Waals surface area contributed by atoms with Gasteiger partial charge in [0, 0.05) is 30.6 Å². The Labute approximate surface area is 181 Å². The number of H-pyrrole nitrogens is 1. The fourth-order valence-corrected chi connectivity index (χ4v) is 4.50. The van der Waals surface area contributed by atoms with Gasteiger partial charge >= 0.3 is 0 Å². The normalized spacial score (nSPS) is 19.4. The monoisotopic (exact) mass is 423 g/mol. The molecule has 0 spiro atoms. The molecular formula is C22H29N7O2. The van der Waals surface area contributed by atoms with Crippen molar-refractivity contribution in [1.29, 1.82) is 0 Å². The van der Waals surface area contributed by atoms with Gasteiger partial charge in [-0.1, -0.05) is 43.5 Å². The van der Waals surface area contributed by atoms with Gasteiger partial charge in [0.2, 0.25) is 5.91 Å². The van der Waals surface area contributed by atoms with Crippen molar-refractivity contribution >= 4 is 22.7 Å². The third-order valence-corrected chi connectivity index (χ3v) is 6.15. The van der Waals surface area contributed by atoms with Gasteiger partial charge in [-0.25, -0.2) is 0 Å². The Morgan fingerprint density at radius 3 is 2.94 bits per heavy atom. The van der Waals surface area contributed by atoms with Crippen LogP contribution >= 0.6 is 0 Å². The molecule has 3 N–H and O–H groups in total. The molecule has 0 saturated heterocycles.